The van der Waals surface area contributed by atoms with E-state index in [2.05, 4.69) is 0 Å². The van der Waals surface area contributed by atoms with Crippen molar-refractivity contribution in [1.82, 2.24) is 4.57 Å². The second-order valence-corrected chi connectivity index (χ2v) is 4.14. The second-order valence-electron chi connectivity index (χ2n) is 4.14. The number of aromatic carboxylic acids is 1. The summed E-state index contributed by atoms with van der Waals surface area (Å²) in [6, 6.07) is 9.13. The van der Waals surface area contributed by atoms with Gasteiger partial charge in [0.2, 0.25) is 0 Å². The van der Waals surface area contributed by atoms with E-state index in [0.29, 0.717) is 5.75 Å². The van der Waals surface area contributed by atoms with Gasteiger partial charge >= 0.3 is 5.97 Å². The first-order valence-corrected chi connectivity index (χ1v) is 5.61. The van der Waals surface area contributed by atoms with Gasteiger partial charge in [-0.25, -0.2) is 4.79 Å². The maximum Gasteiger partial charge on any atom is 0.339 e. The number of hydrogen-bond donors (Lipinski definition) is 1. The summed E-state index contributed by atoms with van der Waals surface area (Å²) in [6.45, 7) is 4.01. The molecule has 0 atom stereocenters. The van der Waals surface area contributed by atoms with Crippen molar-refractivity contribution in [3.63, 3.8) is 0 Å². The van der Waals surface area contributed by atoms with Crippen LogP contribution in [0.3, 0.4) is 0 Å². The molecule has 2 aromatic rings. The van der Waals surface area contributed by atoms with E-state index >= 15 is 0 Å². The van der Waals surface area contributed by atoms with Gasteiger partial charge in [0.1, 0.15) is 11.3 Å². The highest BCUT2D eigenvalue weighted by atomic mass is 16.5. The van der Waals surface area contributed by atoms with Crippen molar-refractivity contribution in [2.45, 2.75) is 13.8 Å². The van der Waals surface area contributed by atoms with Gasteiger partial charge in [-0.05, 0) is 38.1 Å². The normalized spacial score (nSPS) is 10.4. The molecule has 0 spiro atoms. The third-order valence-corrected chi connectivity index (χ3v) is 2.94. The molecule has 0 saturated carbocycles. The van der Waals surface area contributed by atoms with Crippen LogP contribution in [0.15, 0.2) is 30.3 Å². The molecule has 0 radical (unpaired) electrons. The number of aromatic nitrogens is 1. The van der Waals surface area contributed by atoms with E-state index in [1.54, 1.807) is 18.2 Å². The summed E-state index contributed by atoms with van der Waals surface area (Å²) in [6.07, 6.45) is 0. The molecule has 1 heterocycles. The average Bonchev–Trinajstić information content (AvgIpc) is 2.68. The molecule has 1 N–H and O–H groups in total. The molecule has 4 heteroatoms. The van der Waals surface area contributed by atoms with Crippen molar-refractivity contribution in [3.8, 4) is 11.4 Å². The Morgan fingerprint density at radius 2 is 1.78 bits per heavy atom. The predicted octanol–water partition coefficient (Wildman–Crippen LogP) is 2.80. The minimum Gasteiger partial charge on any atom is -0.496 e. The Balaban J connectivity index is 2.58. The number of carboxylic acid groups (broad SMARTS) is 1. The topological polar surface area (TPSA) is 51.5 Å². The summed E-state index contributed by atoms with van der Waals surface area (Å²) in [5.41, 5.74) is 3.26. The van der Waals surface area contributed by atoms with E-state index in [1.165, 1.54) is 7.11 Å². The molecule has 18 heavy (non-hydrogen) atoms. The minimum absolute atomic E-state index is 0.170. The fraction of sp³-hybridized carbons (Fsp3) is 0.214. The first-order chi connectivity index (χ1) is 8.54. The lowest BCUT2D eigenvalue weighted by Gasteiger charge is -2.12. The maximum atomic E-state index is 11.0. The monoisotopic (exact) mass is 245 g/mol. The smallest absolute Gasteiger partial charge is 0.339 e. The first-order valence-electron chi connectivity index (χ1n) is 5.61. The van der Waals surface area contributed by atoms with E-state index in [9.17, 15) is 4.79 Å². The van der Waals surface area contributed by atoms with Crippen molar-refractivity contribution in [2.24, 2.45) is 0 Å². The van der Waals surface area contributed by atoms with Gasteiger partial charge in [-0.2, -0.15) is 0 Å². The summed E-state index contributed by atoms with van der Waals surface area (Å²) < 4.78 is 7.18. The van der Waals surface area contributed by atoms with Crippen LogP contribution in [0.5, 0.6) is 5.75 Å². The Kier molecular flexibility index (Phi) is 3.10. The molecule has 94 valence electrons. The predicted molar refractivity (Wildman–Crippen MR) is 68.8 cm³/mol. The molecule has 0 fully saturated rings. The number of benzene rings is 1. The highest BCUT2D eigenvalue weighted by Crippen LogP contribution is 2.24. The van der Waals surface area contributed by atoms with Crippen LogP contribution in [0.2, 0.25) is 0 Å². The molecule has 0 aliphatic carbocycles. The van der Waals surface area contributed by atoms with Gasteiger partial charge in [0.25, 0.3) is 0 Å². The lowest BCUT2D eigenvalue weighted by molar-refractivity contribution is 0.0693. The quantitative estimate of drug-likeness (QED) is 0.904. The van der Waals surface area contributed by atoms with Gasteiger partial charge < -0.3 is 14.4 Å². The number of ether oxygens (including phenoxy) is 1. The fourth-order valence-electron chi connectivity index (χ4n) is 2.07. The number of methoxy groups -OCH3 is 1. The summed E-state index contributed by atoms with van der Waals surface area (Å²) >= 11 is 0. The molecule has 0 aliphatic rings. The lowest BCUT2D eigenvalue weighted by atomic mass is 10.1. The molecular weight excluding hydrogens is 230 g/mol. The van der Waals surface area contributed by atoms with Crippen LogP contribution in [0.4, 0.5) is 0 Å². The number of nitrogens with zero attached hydrogens (tertiary/aromatic N) is 1. The van der Waals surface area contributed by atoms with Crippen molar-refractivity contribution < 1.29 is 14.6 Å². The van der Waals surface area contributed by atoms with Gasteiger partial charge in [-0.1, -0.05) is 0 Å². The van der Waals surface area contributed by atoms with Crippen LogP contribution in [-0.2, 0) is 0 Å². The largest absolute Gasteiger partial charge is 0.496 e. The average molecular weight is 245 g/mol. The van der Waals surface area contributed by atoms with Gasteiger partial charge in [0.15, 0.2) is 0 Å². The second kappa shape index (κ2) is 4.56. The summed E-state index contributed by atoms with van der Waals surface area (Å²) in [5, 5.41) is 9.04. The van der Waals surface area contributed by atoms with E-state index in [0.717, 1.165) is 17.1 Å². The van der Waals surface area contributed by atoms with E-state index in [-0.39, 0.29) is 5.56 Å². The lowest BCUT2D eigenvalue weighted by Crippen LogP contribution is -2.04. The summed E-state index contributed by atoms with van der Waals surface area (Å²) in [5.74, 6) is -0.619. The number of carboxylic acids is 1. The number of hydrogen-bond acceptors (Lipinski definition) is 2. The van der Waals surface area contributed by atoms with E-state index in [4.69, 9.17) is 9.84 Å². The Morgan fingerprint density at radius 3 is 2.28 bits per heavy atom. The van der Waals surface area contributed by atoms with Crippen LogP contribution >= 0.6 is 0 Å². The van der Waals surface area contributed by atoms with Gasteiger partial charge in [0, 0.05) is 23.1 Å². The molecule has 0 unspecified atom stereocenters. The number of carbonyl (C=O) groups is 1. The molecular formula is C14H15NO3. The van der Waals surface area contributed by atoms with Crippen molar-refractivity contribution >= 4 is 5.97 Å². The molecule has 0 saturated heterocycles. The molecule has 1 aromatic carbocycles. The van der Waals surface area contributed by atoms with Crippen molar-refractivity contribution in [2.75, 3.05) is 7.11 Å². The molecule has 4 nitrogen and oxygen atoms in total. The highest BCUT2D eigenvalue weighted by Gasteiger charge is 2.13. The van der Waals surface area contributed by atoms with Crippen LogP contribution in [-0.4, -0.2) is 22.8 Å². The molecule has 0 aliphatic heterocycles. The van der Waals surface area contributed by atoms with Crippen LogP contribution in [0, 0.1) is 13.8 Å². The fourth-order valence-corrected chi connectivity index (χ4v) is 2.07. The van der Waals surface area contributed by atoms with Crippen LogP contribution < -0.4 is 4.74 Å². The molecule has 0 bridgehead atoms. The third kappa shape index (κ3) is 1.97. The van der Waals surface area contributed by atoms with Crippen molar-refractivity contribution in [3.05, 3.63) is 47.3 Å². The first kappa shape index (κ1) is 12.2. The maximum absolute atomic E-state index is 11.0. The zero-order chi connectivity index (χ0) is 13.3. The Bertz CT molecular complexity index is 580. The van der Waals surface area contributed by atoms with Crippen molar-refractivity contribution in [1.29, 1.82) is 0 Å². The third-order valence-electron chi connectivity index (χ3n) is 2.94. The standard InChI is InChI=1S/C14H15NO3/c1-9-4-5-10(2)15(9)11-6-7-12(14(16)17)13(8-11)18-3/h4-8H,1-3H3,(H,16,17). The number of rotatable bonds is 3. The van der Waals surface area contributed by atoms with E-state index in [1.807, 2.05) is 30.5 Å². The summed E-state index contributed by atoms with van der Waals surface area (Å²) in [4.78, 5) is 11.0. The number of aryl methyl sites for hydroxylation is 2. The Hall–Kier alpha value is -2.23. The molecule has 2 rings (SSSR count). The Morgan fingerprint density at radius 1 is 1.17 bits per heavy atom. The summed E-state index contributed by atoms with van der Waals surface area (Å²) in [7, 11) is 1.47. The van der Waals surface area contributed by atoms with Crippen LogP contribution in [0.25, 0.3) is 5.69 Å². The SMILES string of the molecule is COc1cc(-n2c(C)ccc2C)ccc1C(=O)O. The highest BCUT2D eigenvalue weighted by molar-refractivity contribution is 5.91. The zero-order valence-electron chi connectivity index (χ0n) is 10.6. The Labute approximate surface area is 105 Å². The molecule has 1 aromatic heterocycles. The molecule has 0 amide bonds. The van der Waals surface area contributed by atoms with Gasteiger partial charge in [-0.15, -0.1) is 0 Å². The van der Waals surface area contributed by atoms with Gasteiger partial charge in [0.05, 0.1) is 7.11 Å². The van der Waals surface area contributed by atoms with Gasteiger partial charge in [-0.3, -0.25) is 0 Å². The van der Waals surface area contributed by atoms with E-state index < -0.39 is 5.97 Å². The minimum atomic E-state index is -0.987. The van der Waals surface area contributed by atoms with Crippen LogP contribution in [0.1, 0.15) is 21.7 Å². The zero-order valence-corrected chi connectivity index (χ0v) is 10.6.